The zero-order valence-corrected chi connectivity index (χ0v) is 19.2. The highest BCUT2D eigenvalue weighted by atomic mass is 79.9. The van der Waals surface area contributed by atoms with Gasteiger partial charge in [0.2, 0.25) is 11.8 Å². The van der Waals surface area contributed by atoms with Gasteiger partial charge in [-0.25, -0.2) is 0 Å². The van der Waals surface area contributed by atoms with Crippen molar-refractivity contribution in [3.63, 3.8) is 0 Å². The van der Waals surface area contributed by atoms with Crippen molar-refractivity contribution in [2.75, 3.05) is 17.6 Å². The van der Waals surface area contributed by atoms with Crippen LogP contribution in [0.25, 0.3) is 0 Å². The quantitative estimate of drug-likeness (QED) is 0.469. The molecule has 10 heteroatoms. The van der Waals surface area contributed by atoms with Gasteiger partial charge in [-0.15, -0.1) is 21.5 Å². The number of nitrogens with zero attached hydrogens (tertiary/aromatic N) is 3. The van der Waals surface area contributed by atoms with Crippen molar-refractivity contribution in [1.82, 2.24) is 20.1 Å². The number of aryl methyl sites for hydroxylation is 1. The summed E-state index contributed by atoms with van der Waals surface area (Å²) in [5.41, 5.74) is 1.66. The Labute approximate surface area is 185 Å². The molecule has 0 saturated carbocycles. The number of hydrogen-bond acceptors (Lipinski definition) is 6. The summed E-state index contributed by atoms with van der Waals surface area (Å²) in [6.45, 7) is 1.82. The summed E-state index contributed by atoms with van der Waals surface area (Å²) in [5.74, 6) is 0.501. The number of hydrogen-bond donors (Lipinski definition) is 2. The molecule has 0 bridgehead atoms. The molecule has 0 fully saturated rings. The van der Waals surface area contributed by atoms with Crippen LogP contribution in [0.2, 0.25) is 0 Å². The molecule has 0 unspecified atom stereocenters. The number of halogens is 1. The first-order valence-electron chi connectivity index (χ1n) is 8.78. The summed E-state index contributed by atoms with van der Waals surface area (Å²) >= 11 is 6.35. The first-order chi connectivity index (χ1) is 13.9. The molecule has 0 aliphatic rings. The van der Waals surface area contributed by atoms with E-state index in [0.717, 1.165) is 21.5 Å². The molecule has 0 aliphatic heterocycles. The Hall–Kier alpha value is -2.17. The van der Waals surface area contributed by atoms with Gasteiger partial charge in [0.15, 0.2) is 5.16 Å². The second-order valence-electron chi connectivity index (χ2n) is 6.29. The number of aromatic nitrogens is 3. The monoisotopic (exact) mass is 493 g/mol. The molecular weight excluding hydrogens is 474 g/mol. The minimum absolute atomic E-state index is 0.0860. The van der Waals surface area contributed by atoms with E-state index in [1.807, 2.05) is 48.2 Å². The Kier molecular flexibility index (Phi) is 7.45. The van der Waals surface area contributed by atoms with Crippen LogP contribution in [0.5, 0.6) is 0 Å². The molecular formula is C19H20BrN5O2S2. The van der Waals surface area contributed by atoms with Crippen LogP contribution in [-0.4, -0.2) is 38.9 Å². The van der Waals surface area contributed by atoms with Gasteiger partial charge in [-0.2, -0.15) is 0 Å². The smallest absolute Gasteiger partial charge is 0.243 e. The molecule has 0 atom stereocenters. The zero-order chi connectivity index (χ0) is 20.8. The lowest BCUT2D eigenvalue weighted by Crippen LogP contribution is -2.34. The number of rotatable bonds is 8. The lowest BCUT2D eigenvalue weighted by Gasteiger charge is -2.09. The topological polar surface area (TPSA) is 88.9 Å². The number of thioether (sulfide) groups is 1. The average Bonchev–Trinajstić information content (AvgIpc) is 3.32. The van der Waals surface area contributed by atoms with Crippen molar-refractivity contribution in [2.45, 2.75) is 18.5 Å². The van der Waals surface area contributed by atoms with E-state index in [-0.39, 0.29) is 24.1 Å². The van der Waals surface area contributed by atoms with Crippen molar-refractivity contribution in [2.24, 2.45) is 7.05 Å². The van der Waals surface area contributed by atoms with Crippen LogP contribution in [0.3, 0.4) is 0 Å². The number of anilines is 1. The Bertz CT molecular complexity index is 1000. The molecule has 3 rings (SSSR count). The van der Waals surface area contributed by atoms with Gasteiger partial charge in [-0.1, -0.05) is 33.8 Å². The molecule has 2 N–H and O–H groups in total. The van der Waals surface area contributed by atoms with E-state index in [1.54, 1.807) is 11.3 Å². The Balaban J connectivity index is 1.44. The predicted octanol–water partition coefficient (Wildman–Crippen LogP) is 3.39. The van der Waals surface area contributed by atoms with E-state index in [1.165, 1.54) is 16.6 Å². The van der Waals surface area contributed by atoms with Crippen molar-refractivity contribution in [3.05, 3.63) is 56.4 Å². The van der Waals surface area contributed by atoms with E-state index in [9.17, 15) is 9.59 Å². The average molecular weight is 494 g/mol. The number of carbonyl (C=O) groups is 2. The van der Waals surface area contributed by atoms with E-state index in [0.29, 0.717) is 11.6 Å². The van der Waals surface area contributed by atoms with Crippen LogP contribution in [0.4, 0.5) is 5.69 Å². The van der Waals surface area contributed by atoms with Gasteiger partial charge in [0.05, 0.1) is 12.3 Å². The van der Waals surface area contributed by atoms with E-state index in [4.69, 9.17) is 0 Å². The molecule has 2 aromatic heterocycles. The third-order valence-corrected chi connectivity index (χ3v) is 6.47. The van der Waals surface area contributed by atoms with Gasteiger partial charge in [0.1, 0.15) is 5.82 Å². The van der Waals surface area contributed by atoms with Crippen LogP contribution in [0.1, 0.15) is 16.3 Å². The van der Waals surface area contributed by atoms with Crippen LogP contribution in [-0.2, 0) is 23.1 Å². The highest BCUT2D eigenvalue weighted by Crippen LogP contribution is 2.20. The summed E-state index contributed by atoms with van der Waals surface area (Å²) in [6.07, 6.45) is 0.712. The van der Waals surface area contributed by atoms with Crippen LogP contribution in [0, 0.1) is 6.92 Å². The maximum atomic E-state index is 12.1. The van der Waals surface area contributed by atoms with Crippen LogP contribution >= 0.6 is 39.0 Å². The summed E-state index contributed by atoms with van der Waals surface area (Å²) in [4.78, 5) is 25.4. The third-order valence-electron chi connectivity index (χ3n) is 4.08. The van der Waals surface area contributed by atoms with Gasteiger partial charge in [-0.05, 0) is 42.1 Å². The molecule has 0 aliphatic carbocycles. The van der Waals surface area contributed by atoms with Crippen molar-refractivity contribution in [1.29, 1.82) is 0 Å². The molecule has 7 nitrogen and oxygen atoms in total. The number of amides is 2. The highest BCUT2D eigenvalue weighted by molar-refractivity contribution is 9.10. The summed E-state index contributed by atoms with van der Waals surface area (Å²) in [6, 6.07) is 9.64. The van der Waals surface area contributed by atoms with Gasteiger partial charge in [-0.3, -0.25) is 9.59 Å². The lowest BCUT2D eigenvalue weighted by molar-refractivity contribution is -0.122. The largest absolute Gasteiger partial charge is 0.346 e. The molecule has 2 heterocycles. The van der Waals surface area contributed by atoms with Crippen LogP contribution in [0.15, 0.2) is 45.3 Å². The molecule has 29 heavy (non-hydrogen) atoms. The van der Waals surface area contributed by atoms with Gasteiger partial charge in [0, 0.05) is 28.5 Å². The summed E-state index contributed by atoms with van der Waals surface area (Å²) in [5, 5.41) is 16.5. The molecule has 1 aromatic carbocycles. The van der Waals surface area contributed by atoms with Crippen molar-refractivity contribution < 1.29 is 9.59 Å². The number of nitrogens with one attached hydrogen (secondary N) is 2. The summed E-state index contributed by atoms with van der Waals surface area (Å²) in [7, 11) is 1.89. The fraction of sp³-hybridized carbons (Fsp3) is 0.263. The Morgan fingerprint density at radius 2 is 2.07 bits per heavy atom. The second-order valence-corrected chi connectivity index (χ2v) is 9.18. The third kappa shape index (κ3) is 6.15. The molecule has 3 aromatic rings. The maximum Gasteiger partial charge on any atom is 0.243 e. The lowest BCUT2D eigenvalue weighted by atomic mass is 10.2. The summed E-state index contributed by atoms with van der Waals surface area (Å²) < 4.78 is 2.83. The molecule has 0 spiro atoms. The molecule has 0 saturated heterocycles. The number of benzene rings is 1. The predicted molar refractivity (Wildman–Crippen MR) is 119 cm³/mol. The fourth-order valence-electron chi connectivity index (χ4n) is 2.52. The van der Waals surface area contributed by atoms with E-state index in [2.05, 4.69) is 42.8 Å². The van der Waals surface area contributed by atoms with Crippen molar-refractivity contribution in [3.8, 4) is 0 Å². The molecule has 0 radical (unpaired) electrons. The second kappa shape index (κ2) is 10.0. The Morgan fingerprint density at radius 1 is 1.24 bits per heavy atom. The SMILES string of the molecule is Cc1cc(Br)ccc1NC(=O)CNC(=O)CSc1nnc(Cc2cccs2)n1C. The fourth-order valence-corrected chi connectivity index (χ4v) is 4.45. The Morgan fingerprint density at radius 3 is 2.79 bits per heavy atom. The minimum atomic E-state index is -0.273. The molecule has 152 valence electrons. The van der Waals surface area contributed by atoms with Crippen LogP contribution < -0.4 is 10.6 Å². The number of thiophene rings is 1. The minimum Gasteiger partial charge on any atom is -0.346 e. The van der Waals surface area contributed by atoms with Gasteiger partial charge in [0.25, 0.3) is 0 Å². The maximum absolute atomic E-state index is 12.1. The first-order valence-corrected chi connectivity index (χ1v) is 11.4. The van der Waals surface area contributed by atoms with E-state index >= 15 is 0 Å². The highest BCUT2D eigenvalue weighted by Gasteiger charge is 2.13. The van der Waals surface area contributed by atoms with Gasteiger partial charge < -0.3 is 15.2 Å². The van der Waals surface area contributed by atoms with Crippen molar-refractivity contribution >= 4 is 56.5 Å². The standard InChI is InChI=1S/C19H20BrN5O2S2/c1-12-8-13(20)5-6-15(12)22-17(26)10-21-18(27)11-29-19-24-23-16(25(19)2)9-14-4-3-7-28-14/h3-8H,9-11H2,1-2H3,(H,21,27)(H,22,26). The first kappa shape index (κ1) is 21.5. The zero-order valence-electron chi connectivity index (χ0n) is 15.9. The van der Waals surface area contributed by atoms with E-state index < -0.39 is 0 Å². The number of carbonyl (C=O) groups excluding carboxylic acids is 2. The normalized spacial score (nSPS) is 10.7. The van der Waals surface area contributed by atoms with Gasteiger partial charge >= 0.3 is 0 Å². The molecule has 2 amide bonds.